The lowest BCUT2D eigenvalue weighted by atomic mass is 10.3. The molecule has 5 heteroatoms. The summed E-state index contributed by atoms with van der Waals surface area (Å²) in [4.78, 5) is 21.7. The van der Waals surface area contributed by atoms with Gasteiger partial charge in [-0.05, 0) is 12.5 Å². The number of thiol groups is 1. The lowest BCUT2D eigenvalue weighted by molar-refractivity contribution is -0.110. The van der Waals surface area contributed by atoms with E-state index in [-0.39, 0.29) is 11.0 Å². The first kappa shape index (κ1) is 10.8. The van der Waals surface area contributed by atoms with Crippen LogP contribution in [0.15, 0.2) is 23.0 Å². The van der Waals surface area contributed by atoms with Crippen molar-refractivity contribution in [1.29, 1.82) is 0 Å². The first-order valence-corrected chi connectivity index (χ1v) is 4.67. The molecule has 1 aromatic heterocycles. The molecular weight excluding hydrogens is 202 g/mol. The molecule has 0 bridgehead atoms. The Balaban J connectivity index is 2.19. The molecule has 0 aliphatic carbocycles. The van der Waals surface area contributed by atoms with Crippen molar-refractivity contribution in [1.82, 2.24) is 5.32 Å². The molecule has 4 nitrogen and oxygen atoms in total. The van der Waals surface area contributed by atoms with Crippen molar-refractivity contribution < 1.29 is 14.0 Å². The predicted octanol–water partition coefficient (Wildman–Crippen LogP) is 1.25. The van der Waals surface area contributed by atoms with Crippen LogP contribution < -0.4 is 5.32 Å². The molecule has 0 aromatic carbocycles. The Kier molecular flexibility index (Phi) is 4.25. The van der Waals surface area contributed by atoms with Crippen LogP contribution in [-0.4, -0.2) is 17.6 Å². The summed E-state index contributed by atoms with van der Waals surface area (Å²) in [7, 11) is 0. The zero-order valence-electron chi connectivity index (χ0n) is 7.53. The summed E-state index contributed by atoms with van der Waals surface area (Å²) in [6, 6.07) is 1.58. The Morgan fingerprint density at radius 1 is 1.50 bits per heavy atom. The van der Waals surface area contributed by atoms with Crippen molar-refractivity contribution in [3.05, 3.63) is 24.2 Å². The monoisotopic (exact) mass is 213 g/mol. The predicted molar refractivity (Wildman–Crippen MR) is 54.3 cm³/mol. The van der Waals surface area contributed by atoms with Gasteiger partial charge >= 0.3 is 0 Å². The maximum atomic E-state index is 11.3. The number of carbonyl (C=O) groups excluding carboxylic acids is 2. The maximum Gasteiger partial charge on any atom is 0.254 e. The second kappa shape index (κ2) is 5.49. The van der Waals surface area contributed by atoms with Crippen LogP contribution in [0.25, 0.3) is 0 Å². The number of rotatable bonds is 5. The minimum atomic E-state index is -0.189. The molecule has 0 spiro atoms. The van der Waals surface area contributed by atoms with Crippen molar-refractivity contribution in [2.75, 3.05) is 6.54 Å². The lowest BCUT2D eigenvalue weighted by Gasteiger charge is -2.00. The fourth-order valence-corrected chi connectivity index (χ4v) is 1.10. The highest BCUT2D eigenvalue weighted by molar-refractivity contribution is 7.96. The fraction of sp³-hybridized carbons (Fsp3) is 0.333. The SMILES string of the molecule is O=C(S)CCCNC(=O)c1ccoc1. The lowest BCUT2D eigenvalue weighted by Crippen LogP contribution is -2.24. The molecule has 1 rings (SSSR count). The van der Waals surface area contributed by atoms with Crippen LogP contribution in [-0.2, 0) is 4.79 Å². The average Bonchev–Trinajstić information content (AvgIpc) is 2.64. The largest absolute Gasteiger partial charge is 0.472 e. The Morgan fingerprint density at radius 3 is 2.86 bits per heavy atom. The Bertz CT molecular complexity index is 308. The Hall–Kier alpha value is -1.23. The van der Waals surface area contributed by atoms with E-state index in [9.17, 15) is 9.59 Å². The summed E-state index contributed by atoms with van der Waals surface area (Å²) in [5.74, 6) is -0.189. The number of furan rings is 1. The zero-order valence-corrected chi connectivity index (χ0v) is 8.42. The Morgan fingerprint density at radius 2 is 2.29 bits per heavy atom. The van der Waals surface area contributed by atoms with Gasteiger partial charge in [-0.25, -0.2) is 0 Å². The molecule has 0 aliphatic rings. The number of hydrogen-bond acceptors (Lipinski definition) is 3. The van der Waals surface area contributed by atoms with Gasteiger partial charge in [0.15, 0.2) is 5.12 Å². The molecule has 0 saturated carbocycles. The first-order chi connectivity index (χ1) is 6.70. The van der Waals surface area contributed by atoms with Crippen LogP contribution in [0.4, 0.5) is 0 Å². The van der Waals surface area contributed by atoms with E-state index in [0.29, 0.717) is 24.9 Å². The third kappa shape index (κ3) is 3.66. The third-order valence-corrected chi connectivity index (χ3v) is 1.86. The second-order valence-electron chi connectivity index (χ2n) is 2.77. The summed E-state index contributed by atoms with van der Waals surface area (Å²) >= 11 is 3.62. The smallest absolute Gasteiger partial charge is 0.254 e. The molecular formula is C9H11NO3S. The van der Waals surface area contributed by atoms with Crippen molar-refractivity contribution in [3.63, 3.8) is 0 Å². The van der Waals surface area contributed by atoms with Crippen molar-refractivity contribution in [3.8, 4) is 0 Å². The molecule has 1 heterocycles. The second-order valence-corrected chi connectivity index (χ2v) is 3.26. The van der Waals surface area contributed by atoms with Gasteiger partial charge in [0.05, 0.1) is 11.8 Å². The first-order valence-electron chi connectivity index (χ1n) is 4.22. The highest BCUT2D eigenvalue weighted by atomic mass is 32.1. The van der Waals surface area contributed by atoms with Crippen molar-refractivity contribution in [2.45, 2.75) is 12.8 Å². The number of carbonyl (C=O) groups is 2. The van der Waals surface area contributed by atoms with Crippen LogP contribution in [0, 0.1) is 0 Å². The van der Waals surface area contributed by atoms with E-state index >= 15 is 0 Å². The summed E-state index contributed by atoms with van der Waals surface area (Å²) in [5, 5.41) is 2.49. The summed E-state index contributed by atoms with van der Waals surface area (Å²) in [5.41, 5.74) is 0.488. The van der Waals surface area contributed by atoms with Gasteiger partial charge in [-0.15, -0.1) is 12.6 Å². The summed E-state index contributed by atoms with van der Waals surface area (Å²) in [6.45, 7) is 0.469. The van der Waals surface area contributed by atoms with Gasteiger partial charge in [-0.2, -0.15) is 0 Å². The Labute approximate surface area is 87.1 Å². The van der Waals surface area contributed by atoms with Crippen molar-refractivity contribution in [2.24, 2.45) is 0 Å². The highest BCUT2D eigenvalue weighted by Gasteiger charge is 2.05. The van der Waals surface area contributed by atoms with Gasteiger partial charge < -0.3 is 9.73 Å². The van der Waals surface area contributed by atoms with E-state index in [4.69, 9.17) is 4.42 Å². The van der Waals surface area contributed by atoms with E-state index in [1.807, 2.05) is 0 Å². The molecule has 1 aromatic rings. The minimum Gasteiger partial charge on any atom is -0.472 e. The van der Waals surface area contributed by atoms with Gasteiger partial charge in [-0.3, -0.25) is 9.59 Å². The zero-order chi connectivity index (χ0) is 10.4. The van der Waals surface area contributed by atoms with Gasteiger partial charge in [-0.1, -0.05) is 0 Å². The number of hydrogen-bond donors (Lipinski definition) is 2. The average molecular weight is 213 g/mol. The summed E-state index contributed by atoms with van der Waals surface area (Å²) < 4.78 is 4.75. The molecule has 0 aliphatic heterocycles. The number of nitrogens with one attached hydrogen (secondary N) is 1. The van der Waals surface area contributed by atoms with Gasteiger partial charge in [0.2, 0.25) is 0 Å². The quantitative estimate of drug-likeness (QED) is 0.571. The molecule has 1 N–H and O–H groups in total. The topological polar surface area (TPSA) is 59.3 Å². The van der Waals surface area contributed by atoms with Gasteiger partial charge in [0, 0.05) is 13.0 Å². The van der Waals surface area contributed by atoms with Crippen molar-refractivity contribution >= 4 is 23.7 Å². The fourth-order valence-electron chi connectivity index (χ4n) is 0.937. The molecule has 0 fully saturated rings. The van der Waals surface area contributed by atoms with Crippen LogP contribution in [0.2, 0.25) is 0 Å². The van der Waals surface area contributed by atoms with E-state index in [2.05, 4.69) is 17.9 Å². The molecule has 14 heavy (non-hydrogen) atoms. The van der Waals surface area contributed by atoms with Gasteiger partial charge in [0.1, 0.15) is 6.26 Å². The normalized spacial score (nSPS) is 9.79. The number of amides is 1. The molecule has 0 saturated heterocycles. The maximum absolute atomic E-state index is 11.3. The van der Waals surface area contributed by atoms with E-state index < -0.39 is 0 Å². The molecule has 76 valence electrons. The standard InChI is InChI=1S/C9H11NO3S/c11-8(14)2-1-4-10-9(12)7-3-5-13-6-7/h3,5-6H,1-2,4H2,(H,10,12)(H,11,14). The minimum absolute atomic E-state index is 0.164. The van der Waals surface area contributed by atoms with E-state index in [1.165, 1.54) is 12.5 Å². The third-order valence-electron chi connectivity index (χ3n) is 1.64. The van der Waals surface area contributed by atoms with Gasteiger partial charge in [0.25, 0.3) is 5.91 Å². The van der Waals surface area contributed by atoms with E-state index in [0.717, 1.165) is 0 Å². The highest BCUT2D eigenvalue weighted by Crippen LogP contribution is 1.99. The molecule has 1 amide bonds. The van der Waals surface area contributed by atoms with Crippen LogP contribution in [0.5, 0.6) is 0 Å². The van der Waals surface area contributed by atoms with E-state index in [1.54, 1.807) is 6.07 Å². The van der Waals surface area contributed by atoms with Crippen LogP contribution in [0.1, 0.15) is 23.2 Å². The molecule has 0 atom stereocenters. The molecule has 0 unspecified atom stereocenters. The van der Waals surface area contributed by atoms with Crippen LogP contribution >= 0.6 is 12.6 Å². The van der Waals surface area contributed by atoms with Crippen LogP contribution in [0.3, 0.4) is 0 Å². The molecule has 0 radical (unpaired) electrons. The summed E-state index contributed by atoms with van der Waals surface area (Å²) in [6.07, 6.45) is 3.78.